The predicted octanol–water partition coefficient (Wildman–Crippen LogP) is 2.97. The van der Waals surface area contributed by atoms with Gasteiger partial charge in [-0.25, -0.2) is 9.67 Å². The SMILES string of the molecule is CCn1ncc2c(NC3CCCCC3)c(C3=CC4(CC(C(=O)NC)C4)ON3)cnc21. The van der Waals surface area contributed by atoms with Crippen LogP contribution in [0, 0.1) is 5.92 Å². The molecule has 1 spiro atoms. The highest BCUT2D eigenvalue weighted by atomic mass is 16.7. The molecule has 2 aliphatic carbocycles. The molecule has 0 aromatic carbocycles. The molecule has 160 valence electrons. The molecule has 2 aromatic heterocycles. The van der Waals surface area contributed by atoms with E-state index in [4.69, 9.17) is 9.82 Å². The van der Waals surface area contributed by atoms with Crippen LogP contribution in [-0.4, -0.2) is 39.4 Å². The van der Waals surface area contributed by atoms with Gasteiger partial charge >= 0.3 is 0 Å². The molecule has 0 atom stereocenters. The quantitative estimate of drug-likeness (QED) is 0.702. The van der Waals surface area contributed by atoms with Gasteiger partial charge in [0.1, 0.15) is 5.60 Å². The van der Waals surface area contributed by atoms with Gasteiger partial charge in [-0.05, 0) is 38.7 Å². The van der Waals surface area contributed by atoms with Gasteiger partial charge in [0.15, 0.2) is 5.65 Å². The first kappa shape index (κ1) is 19.4. The number of amides is 1. The Hall–Kier alpha value is -2.61. The van der Waals surface area contributed by atoms with E-state index in [1.54, 1.807) is 7.05 Å². The van der Waals surface area contributed by atoms with E-state index in [-0.39, 0.29) is 11.8 Å². The summed E-state index contributed by atoms with van der Waals surface area (Å²) in [6.45, 7) is 2.86. The Balaban J connectivity index is 1.48. The summed E-state index contributed by atoms with van der Waals surface area (Å²) in [4.78, 5) is 22.6. The van der Waals surface area contributed by atoms with E-state index < -0.39 is 5.60 Å². The Morgan fingerprint density at radius 3 is 2.83 bits per heavy atom. The van der Waals surface area contributed by atoms with Crippen molar-refractivity contribution >= 4 is 28.3 Å². The first-order chi connectivity index (χ1) is 14.6. The molecule has 0 unspecified atom stereocenters. The van der Waals surface area contributed by atoms with Crippen LogP contribution in [0.25, 0.3) is 16.7 Å². The summed E-state index contributed by atoms with van der Waals surface area (Å²) >= 11 is 0. The lowest BCUT2D eigenvalue weighted by atomic mass is 9.70. The molecule has 3 aliphatic rings. The topological polar surface area (TPSA) is 93.1 Å². The lowest BCUT2D eigenvalue weighted by Gasteiger charge is -2.40. The normalized spacial score (nSPS) is 26.3. The van der Waals surface area contributed by atoms with Crippen molar-refractivity contribution in [2.24, 2.45) is 5.92 Å². The highest BCUT2D eigenvalue weighted by molar-refractivity contribution is 5.96. The maximum atomic E-state index is 11.9. The van der Waals surface area contributed by atoms with Crippen molar-refractivity contribution in [2.45, 2.75) is 70.1 Å². The highest BCUT2D eigenvalue weighted by Crippen LogP contribution is 2.47. The predicted molar refractivity (Wildman–Crippen MR) is 115 cm³/mol. The summed E-state index contributed by atoms with van der Waals surface area (Å²) in [5, 5.41) is 12.1. The average molecular weight is 411 g/mol. The van der Waals surface area contributed by atoms with E-state index in [1.165, 1.54) is 32.1 Å². The third kappa shape index (κ3) is 3.23. The Labute approximate surface area is 176 Å². The third-order valence-electron chi connectivity index (χ3n) is 6.78. The molecule has 0 saturated heterocycles. The molecule has 1 aliphatic heterocycles. The fourth-order valence-electron chi connectivity index (χ4n) is 5.05. The number of anilines is 1. The number of aryl methyl sites for hydroxylation is 1. The summed E-state index contributed by atoms with van der Waals surface area (Å²) in [7, 11) is 1.68. The minimum absolute atomic E-state index is 0.00984. The van der Waals surface area contributed by atoms with Crippen LogP contribution in [0.2, 0.25) is 0 Å². The van der Waals surface area contributed by atoms with Gasteiger partial charge in [-0.2, -0.15) is 5.10 Å². The molecule has 2 saturated carbocycles. The maximum Gasteiger partial charge on any atom is 0.223 e. The van der Waals surface area contributed by atoms with Crippen LogP contribution in [-0.2, 0) is 16.2 Å². The Morgan fingerprint density at radius 2 is 2.10 bits per heavy atom. The molecule has 5 rings (SSSR count). The smallest absolute Gasteiger partial charge is 0.223 e. The second-order valence-corrected chi connectivity index (χ2v) is 8.77. The van der Waals surface area contributed by atoms with Gasteiger partial charge in [0.25, 0.3) is 0 Å². The molecular weight excluding hydrogens is 380 g/mol. The lowest BCUT2D eigenvalue weighted by molar-refractivity contribution is -0.146. The van der Waals surface area contributed by atoms with Crippen molar-refractivity contribution < 1.29 is 9.63 Å². The number of hydrogen-bond donors (Lipinski definition) is 3. The van der Waals surface area contributed by atoms with Gasteiger partial charge in [-0.15, -0.1) is 0 Å². The van der Waals surface area contributed by atoms with Gasteiger partial charge in [-0.1, -0.05) is 19.3 Å². The van der Waals surface area contributed by atoms with Crippen LogP contribution in [0.3, 0.4) is 0 Å². The van der Waals surface area contributed by atoms with E-state index in [9.17, 15) is 4.79 Å². The number of fused-ring (bicyclic) bond motifs is 1. The summed E-state index contributed by atoms with van der Waals surface area (Å²) < 4.78 is 1.93. The molecule has 0 radical (unpaired) electrons. The van der Waals surface area contributed by atoms with Crippen LogP contribution in [0.1, 0.15) is 57.4 Å². The maximum absolute atomic E-state index is 11.9. The first-order valence-electron chi connectivity index (χ1n) is 11.1. The number of nitrogens with zero attached hydrogens (tertiary/aromatic N) is 3. The van der Waals surface area contributed by atoms with Crippen molar-refractivity contribution in [1.29, 1.82) is 0 Å². The van der Waals surface area contributed by atoms with Gasteiger partial charge in [0.05, 0.1) is 23.0 Å². The zero-order chi connectivity index (χ0) is 20.7. The van der Waals surface area contributed by atoms with Crippen molar-refractivity contribution in [3.63, 3.8) is 0 Å². The average Bonchev–Trinajstić information content (AvgIpc) is 3.38. The number of pyridine rings is 1. The third-order valence-corrected chi connectivity index (χ3v) is 6.78. The number of aromatic nitrogens is 3. The fourth-order valence-corrected chi connectivity index (χ4v) is 5.05. The number of carbonyl (C=O) groups excluding carboxylic acids is 1. The van der Waals surface area contributed by atoms with E-state index in [0.29, 0.717) is 18.9 Å². The number of nitrogens with one attached hydrogen (secondary N) is 3. The van der Waals surface area contributed by atoms with E-state index in [1.807, 2.05) is 17.1 Å². The monoisotopic (exact) mass is 410 g/mol. The van der Waals surface area contributed by atoms with Crippen LogP contribution in [0.5, 0.6) is 0 Å². The number of carbonyl (C=O) groups is 1. The second kappa shape index (κ2) is 7.58. The second-order valence-electron chi connectivity index (χ2n) is 8.77. The lowest BCUT2D eigenvalue weighted by Crippen LogP contribution is -2.49. The Morgan fingerprint density at radius 1 is 1.30 bits per heavy atom. The first-order valence-corrected chi connectivity index (χ1v) is 11.1. The standard InChI is InChI=1S/C22H30N6O2/c1-3-28-20-17(13-25-28)19(26-15-7-5-4-6-8-15)16(12-24-20)18-11-22(30-27-18)9-14(10-22)21(29)23-2/h11-15,27H,3-10H2,1-2H3,(H,23,29)(H,24,26). The van der Waals surface area contributed by atoms with Crippen molar-refractivity contribution in [3.8, 4) is 0 Å². The van der Waals surface area contributed by atoms with Gasteiger partial charge in [-0.3, -0.25) is 15.1 Å². The largest absolute Gasteiger partial charge is 0.381 e. The van der Waals surface area contributed by atoms with E-state index >= 15 is 0 Å². The summed E-state index contributed by atoms with van der Waals surface area (Å²) in [5.41, 5.74) is 6.62. The van der Waals surface area contributed by atoms with Gasteiger partial charge in [0, 0.05) is 37.3 Å². The molecule has 1 amide bonds. The molecule has 8 nitrogen and oxygen atoms in total. The number of hydroxylamine groups is 1. The molecule has 3 N–H and O–H groups in total. The summed E-state index contributed by atoms with van der Waals surface area (Å²) in [5.74, 6) is 0.0939. The van der Waals surface area contributed by atoms with Crippen molar-refractivity contribution in [2.75, 3.05) is 12.4 Å². The van der Waals surface area contributed by atoms with Crippen molar-refractivity contribution in [1.82, 2.24) is 25.6 Å². The van der Waals surface area contributed by atoms with Crippen LogP contribution in [0.4, 0.5) is 5.69 Å². The van der Waals surface area contributed by atoms with Crippen LogP contribution >= 0.6 is 0 Å². The number of hydrogen-bond acceptors (Lipinski definition) is 6. The molecule has 8 heteroatoms. The minimum Gasteiger partial charge on any atom is -0.381 e. The molecule has 0 bridgehead atoms. The number of rotatable bonds is 5. The molecule has 2 fully saturated rings. The van der Waals surface area contributed by atoms with E-state index in [0.717, 1.165) is 34.5 Å². The Bertz CT molecular complexity index is 985. The molecule has 30 heavy (non-hydrogen) atoms. The molecular formula is C22H30N6O2. The van der Waals surface area contributed by atoms with E-state index in [2.05, 4.69) is 34.2 Å². The van der Waals surface area contributed by atoms with Crippen LogP contribution < -0.4 is 16.1 Å². The minimum atomic E-state index is -0.406. The van der Waals surface area contributed by atoms with Gasteiger partial charge < -0.3 is 10.6 Å². The van der Waals surface area contributed by atoms with Crippen molar-refractivity contribution in [3.05, 3.63) is 24.0 Å². The fraction of sp³-hybridized carbons (Fsp3) is 0.591. The molecule has 2 aromatic rings. The summed E-state index contributed by atoms with van der Waals surface area (Å²) in [6.07, 6.45) is 13.6. The van der Waals surface area contributed by atoms with Gasteiger partial charge in [0.2, 0.25) is 5.91 Å². The highest BCUT2D eigenvalue weighted by Gasteiger charge is 2.50. The Kier molecular flexibility index (Phi) is 4.89. The summed E-state index contributed by atoms with van der Waals surface area (Å²) in [6, 6.07) is 0.464. The molecule has 3 heterocycles. The van der Waals surface area contributed by atoms with Crippen LogP contribution in [0.15, 0.2) is 18.5 Å². The zero-order valence-electron chi connectivity index (χ0n) is 17.7. The zero-order valence-corrected chi connectivity index (χ0v) is 17.7.